The van der Waals surface area contributed by atoms with E-state index < -0.39 is 0 Å². The largest absolute Gasteiger partial charge is 0.388 e. The maximum absolute atomic E-state index is 10.6. The van der Waals surface area contributed by atoms with Crippen molar-refractivity contribution in [1.29, 1.82) is 0 Å². The summed E-state index contributed by atoms with van der Waals surface area (Å²) in [5.41, 5.74) is 1.02. The number of nitrogens with zero attached hydrogens (tertiary/aromatic N) is 3. The lowest BCUT2D eigenvalue weighted by Crippen LogP contribution is -2.37. The average molecular weight is 315 g/mol. The first kappa shape index (κ1) is 16.1. The molecule has 1 aromatic carbocycles. The topological polar surface area (TPSA) is 62.4 Å². The van der Waals surface area contributed by atoms with Crippen molar-refractivity contribution in [2.24, 2.45) is 5.92 Å². The molecule has 1 aliphatic rings. The van der Waals surface area contributed by atoms with Gasteiger partial charge in [-0.15, -0.1) is 0 Å². The molecule has 2 aromatic rings. The van der Waals surface area contributed by atoms with E-state index in [1.807, 2.05) is 37.3 Å². The van der Waals surface area contributed by atoms with Crippen molar-refractivity contribution in [1.82, 2.24) is 15.0 Å². The lowest BCUT2D eigenvalue weighted by atomic mass is 9.87. The molecule has 1 saturated heterocycles. The Morgan fingerprint density at radius 2 is 1.96 bits per heavy atom. The van der Waals surface area contributed by atoms with E-state index in [1.54, 1.807) is 0 Å². The monoisotopic (exact) mass is 315 g/mol. The van der Waals surface area contributed by atoms with E-state index in [1.165, 1.54) is 0 Å². The van der Waals surface area contributed by atoms with Crippen LogP contribution in [-0.2, 0) is 6.42 Å². The fourth-order valence-corrected chi connectivity index (χ4v) is 3.28. The third kappa shape index (κ3) is 3.62. The maximum atomic E-state index is 10.6. The van der Waals surface area contributed by atoms with Crippen molar-refractivity contribution in [3.05, 3.63) is 47.6 Å². The number of likely N-dealkylation sites (tertiary alicyclic amines) is 1. The number of hydrogen-bond donors (Lipinski definition) is 1. The van der Waals surface area contributed by atoms with Gasteiger partial charge in [-0.2, -0.15) is 4.98 Å². The Labute approximate surface area is 137 Å². The summed E-state index contributed by atoms with van der Waals surface area (Å²) in [6, 6.07) is 10.1. The third-order valence-corrected chi connectivity index (χ3v) is 4.87. The van der Waals surface area contributed by atoms with Crippen LogP contribution in [0.5, 0.6) is 0 Å². The number of aliphatic hydroxyl groups excluding tert-OH is 1. The van der Waals surface area contributed by atoms with Crippen LogP contribution in [0.1, 0.15) is 56.1 Å². The van der Waals surface area contributed by atoms with E-state index >= 15 is 0 Å². The molecule has 0 radical (unpaired) electrons. The fourth-order valence-electron chi connectivity index (χ4n) is 3.28. The van der Waals surface area contributed by atoms with Crippen molar-refractivity contribution >= 4 is 0 Å². The highest BCUT2D eigenvalue weighted by Crippen LogP contribution is 2.33. The van der Waals surface area contributed by atoms with Crippen molar-refractivity contribution < 1.29 is 9.63 Å². The highest BCUT2D eigenvalue weighted by molar-refractivity contribution is 5.18. The summed E-state index contributed by atoms with van der Waals surface area (Å²) in [5.74, 6) is 1.78. The summed E-state index contributed by atoms with van der Waals surface area (Å²) in [6.45, 7) is 6.02. The number of aryl methyl sites for hydroxylation is 1. The van der Waals surface area contributed by atoms with Gasteiger partial charge in [-0.3, -0.25) is 4.90 Å². The van der Waals surface area contributed by atoms with E-state index in [0.29, 0.717) is 11.8 Å². The Bertz CT molecular complexity index is 606. The van der Waals surface area contributed by atoms with Crippen LogP contribution in [0.2, 0.25) is 0 Å². The van der Waals surface area contributed by atoms with Gasteiger partial charge in [0.25, 0.3) is 0 Å². The van der Waals surface area contributed by atoms with Crippen LogP contribution < -0.4 is 0 Å². The van der Waals surface area contributed by atoms with Gasteiger partial charge in [0.1, 0.15) is 0 Å². The first-order chi connectivity index (χ1) is 11.2. The summed E-state index contributed by atoms with van der Waals surface area (Å²) in [4.78, 5) is 6.80. The third-order valence-electron chi connectivity index (χ3n) is 4.87. The molecule has 0 spiro atoms. The molecule has 124 valence electrons. The zero-order chi connectivity index (χ0) is 16.2. The first-order valence-electron chi connectivity index (χ1n) is 8.48. The zero-order valence-corrected chi connectivity index (χ0v) is 13.9. The number of piperidine rings is 1. The molecule has 1 fully saturated rings. The van der Waals surface area contributed by atoms with Gasteiger partial charge >= 0.3 is 0 Å². The highest BCUT2D eigenvalue weighted by atomic mass is 16.5. The molecule has 5 nitrogen and oxygen atoms in total. The lowest BCUT2D eigenvalue weighted by Gasteiger charge is -2.36. The summed E-state index contributed by atoms with van der Waals surface area (Å²) >= 11 is 0. The Hall–Kier alpha value is -1.72. The Morgan fingerprint density at radius 1 is 1.26 bits per heavy atom. The molecule has 1 N–H and O–H groups in total. The SMILES string of the molecule is CCc1noc([C@H](C)N2CCC([C@H](O)c3ccccc3)CC2)n1. The van der Waals surface area contributed by atoms with Crippen molar-refractivity contribution in [2.45, 2.75) is 45.3 Å². The molecule has 0 saturated carbocycles. The second-order valence-electron chi connectivity index (χ2n) is 6.31. The van der Waals surface area contributed by atoms with Gasteiger partial charge in [-0.1, -0.05) is 42.4 Å². The summed E-state index contributed by atoms with van der Waals surface area (Å²) in [7, 11) is 0. The van der Waals surface area contributed by atoms with Gasteiger partial charge in [-0.25, -0.2) is 0 Å². The van der Waals surface area contributed by atoms with Crippen molar-refractivity contribution in [3.8, 4) is 0 Å². The first-order valence-corrected chi connectivity index (χ1v) is 8.48. The minimum Gasteiger partial charge on any atom is -0.388 e. The standard InChI is InChI=1S/C18H25N3O2/c1-3-16-19-18(23-20-16)13(2)21-11-9-15(10-12-21)17(22)14-7-5-4-6-8-14/h4-8,13,15,17,22H,3,9-12H2,1-2H3/t13-,17+/m0/s1. The van der Waals surface area contributed by atoms with Crippen LogP contribution in [0.3, 0.4) is 0 Å². The average Bonchev–Trinajstić information content (AvgIpc) is 3.10. The zero-order valence-electron chi connectivity index (χ0n) is 13.9. The van der Waals surface area contributed by atoms with Crippen LogP contribution in [0.15, 0.2) is 34.9 Å². The highest BCUT2D eigenvalue weighted by Gasteiger charge is 2.30. The smallest absolute Gasteiger partial charge is 0.243 e. The minimum absolute atomic E-state index is 0.137. The quantitative estimate of drug-likeness (QED) is 0.918. The fraction of sp³-hybridized carbons (Fsp3) is 0.556. The van der Waals surface area contributed by atoms with E-state index in [0.717, 1.165) is 43.7 Å². The van der Waals surface area contributed by atoms with E-state index in [2.05, 4.69) is 22.0 Å². The molecule has 5 heteroatoms. The number of aromatic nitrogens is 2. The molecule has 3 rings (SSSR count). The van der Waals surface area contributed by atoms with Crippen molar-refractivity contribution in [3.63, 3.8) is 0 Å². The van der Waals surface area contributed by atoms with Gasteiger partial charge in [0.05, 0.1) is 12.1 Å². The van der Waals surface area contributed by atoms with E-state index in [4.69, 9.17) is 4.52 Å². The van der Waals surface area contributed by atoms with E-state index in [-0.39, 0.29) is 12.1 Å². The predicted molar refractivity (Wildman–Crippen MR) is 87.8 cm³/mol. The maximum Gasteiger partial charge on any atom is 0.243 e. The molecule has 2 heterocycles. The van der Waals surface area contributed by atoms with Gasteiger partial charge in [0.2, 0.25) is 5.89 Å². The molecular weight excluding hydrogens is 290 g/mol. The van der Waals surface area contributed by atoms with E-state index in [9.17, 15) is 5.11 Å². The Balaban J connectivity index is 1.57. The molecule has 1 aliphatic heterocycles. The van der Waals surface area contributed by atoms with Crippen LogP contribution in [-0.4, -0.2) is 33.2 Å². The molecule has 1 aromatic heterocycles. The lowest BCUT2D eigenvalue weighted by molar-refractivity contribution is 0.0420. The molecule has 23 heavy (non-hydrogen) atoms. The Kier molecular flexibility index (Phi) is 5.08. The number of benzene rings is 1. The molecule has 2 atom stereocenters. The molecular formula is C18H25N3O2. The van der Waals surface area contributed by atoms with Crippen LogP contribution in [0, 0.1) is 5.92 Å². The summed E-state index contributed by atoms with van der Waals surface area (Å²) < 4.78 is 5.36. The minimum atomic E-state index is -0.372. The predicted octanol–water partition coefficient (Wildman–Crippen LogP) is 3.14. The number of rotatable bonds is 5. The van der Waals surface area contributed by atoms with Crippen LogP contribution in [0.4, 0.5) is 0 Å². The van der Waals surface area contributed by atoms with Crippen LogP contribution >= 0.6 is 0 Å². The second-order valence-corrected chi connectivity index (χ2v) is 6.31. The van der Waals surface area contributed by atoms with Gasteiger partial charge in [0.15, 0.2) is 5.82 Å². The van der Waals surface area contributed by atoms with Gasteiger partial charge in [0, 0.05) is 6.42 Å². The Morgan fingerprint density at radius 3 is 2.57 bits per heavy atom. The second kappa shape index (κ2) is 7.23. The number of hydrogen-bond acceptors (Lipinski definition) is 5. The number of aliphatic hydroxyl groups is 1. The molecule has 0 bridgehead atoms. The molecule has 0 unspecified atom stereocenters. The van der Waals surface area contributed by atoms with Crippen LogP contribution in [0.25, 0.3) is 0 Å². The van der Waals surface area contributed by atoms with Crippen molar-refractivity contribution in [2.75, 3.05) is 13.1 Å². The van der Waals surface area contributed by atoms with Gasteiger partial charge < -0.3 is 9.63 Å². The summed E-state index contributed by atoms with van der Waals surface area (Å²) in [5, 5.41) is 14.5. The molecule has 0 amide bonds. The normalized spacial score (nSPS) is 19.6. The van der Waals surface area contributed by atoms with Gasteiger partial charge in [-0.05, 0) is 44.3 Å². The molecule has 0 aliphatic carbocycles. The summed E-state index contributed by atoms with van der Waals surface area (Å²) in [6.07, 6.45) is 2.38.